The topological polar surface area (TPSA) is 67.2 Å². The van der Waals surface area contributed by atoms with Crippen molar-refractivity contribution in [2.75, 3.05) is 31.1 Å². The molecule has 0 aliphatic carbocycles. The Morgan fingerprint density at radius 3 is 2.51 bits per heavy atom. The Kier molecular flexibility index (Phi) is 6.69. The summed E-state index contributed by atoms with van der Waals surface area (Å²) < 4.78 is 15.4. The Balaban J connectivity index is 1.32. The molecule has 0 atom stereocenters. The van der Waals surface area contributed by atoms with Gasteiger partial charge in [-0.25, -0.2) is 19.0 Å². The maximum atomic E-state index is 13.6. The number of halogens is 1. The Morgan fingerprint density at radius 2 is 1.72 bits per heavy atom. The van der Waals surface area contributed by atoms with E-state index in [9.17, 15) is 9.18 Å². The summed E-state index contributed by atoms with van der Waals surface area (Å²) in [5.74, 6) is 1.38. The molecule has 0 bridgehead atoms. The minimum Gasteiger partial charge on any atom is -0.354 e. The molecule has 1 aliphatic heterocycles. The summed E-state index contributed by atoms with van der Waals surface area (Å²) in [5, 5.41) is 7.87. The first-order valence-electron chi connectivity index (χ1n) is 13.6. The van der Waals surface area contributed by atoms with Gasteiger partial charge in [-0.05, 0) is 66.9 Å². The maximum Gasteiger partial charge on any atom is 0.253 e. The molecule has 1 fully saturated rings. The number of fused-ring (bicyclic) bond motifs is 2. The zero-order valence-electron chi connectivity index (χ0n) is 22.3. The van der Waals surface area contributed by atoms with E-state index in [0.717, 1.165) is 70.6 Å². The van der Waals surface area contributed by atoms with Crippen LogP contribution in [0.2, 0.25) is 0 Å². The van der Waals surface area contributed by atoms with Gasteiger partial charge in [0.15, 0.2) is 5.65 Å². The van der Waals surface area contributed by atoms with Crippen molar-refractivity contribution < 1.29 is 9.18 Å². The van der Waals surface area contributed by atoms with Crippen LogP contribution in [0.25, 0.3) is 27.5 Å². The predicted molar refractivity (Wildman–Crippen MR) is 152 cm³/mol. The quantitative estimate of drug-likeness (QED) is 0.295. The zero-order valence-corrected chi connectivity index (χ0v) is 22.3. The minimum atomic E-state index is -0.290. The number of amides is 1. The Hall–Kier alpha value is -4.33. The molecule has 3 aromatic carbocycles. The van der Waals surface area contributed by atoms with Crippen LogP contribution in [-0.4, -0.2) is 56.7 Å². The van der Waals surface area contributed by atoms with E-state index in [0.29, 0.717) is 25.2 Å². The van der Waals surface area contributed by atoms with Gasteiger partial charge in [0.1, 0.15) is 17.5 Å². The average Bonchev–Trinajstić information content (AvgIpc) is 3.11. The van der Waals surface area contributed by atoms with Crippen LogP contribution in [0.15, 0.2) is 66.7 Å². The van der Waals surface area contributed by atoms with Gasteiger partial charge < -0.3 is 9.80 Å². The SMILES string of the molecule is CCCc1nc(N2CCCN(C(=O)c3ccc4ccccc4c3)CC2)c2c(C)nn(-c3ccc(F)cc3)c2n1. The summed E-state index contributed by atoms with van der Waals surface area (Å²) in [6.07, 6.45) is 2.50. The molecule has 0 spiro atoms. The normalized spacial score (nSPS) is 14.2. The lowest BCUT2D eigenvalue weighted by Crippen LogP contribution is -2.35. The van der Waals surface area contributed by atoms with Crippen molar-refractivity contribution in [1.82, 2.24) is 24.6 Å². The van der Waals surface area contributed by atoms with Crippen molar-refractivity contribution in [2.45, 2.75) is 33.1 Å². The van der Waals surface area contributed by atoms with Crippen molar-refractivity contribution >= 4 is 33.5 Å². The van der Waals surface area contributed by atoms with Gasteiger partial charge in [-0.2, -0.15) is 5.10 Å². The van der Waals surface area contributed by atoms with Crippen LogP contribution in [0.4, 0.5) is 10.2 Å². The third kappa shape index (κ3) is 4.82. The highest BCUT2D eigenvalue weighted by Crippen LogP contribution is 2.30. The van der Waals surface area contributed by atoms with Crippen LogP contribution in [0.5, 0.6) is 0 Å². The van der Waals surface area contributed by atoms with Gasteiger partial charge in [0.05, 0.1) is 16.8 Å². The summed E-state index contributed by atoms with van der Waals surface area (Å²) >= 11 is 0. The van der Waals surface area contributed by atoms with Crippen molar-refractivity contribution in [3.8, 4) is 5.69 Å². The summed E-state index contributed by atoms with van der Waals surface area (Å²) in [5.41, 5.74) is 3.01. The number of rotatable bonds is 5. The summed E-state index contributed by atoms with van der Waals surface area (Å²) in [6.45, 7) is 6.80. The van der Waals surface area contributed by atoms with E-state index < -0.39 is 0 Å². The Morgan fingerprint density at radius 1 is 0.923 bits per heavy atom. The Labute approximate surface area is 226 Å². The van der Waals surface area contributed by atoms with Crippen molar-refractivity contribution in [2.24, 2.45) is 0 Å². The second kappa shape index (κ2) is 10.4. The molecular formula is C31H31FN6O. The second-order valence-corrected chi connectivity index (χ2v) is 10.1. The smallest absolute Gasteiger partial charge is 0.253 e. The van der Waals surface area contributed by atoms with Crippen molar-refractivity contribution in [1.29, 1.82) is 0 Å². The zero-order chi connectivity index (χ0) is 26.9. The van der Waals surface area contributed by atoms with Gasteiger partial charge in [0.2, 0.25) is 0 Å². The van der Waals surface area contributed by atoms with Crippen molar-refractivity contribution in [3.63, 3.8) is 0 Å². The van der Waals surface area contributed by atoms with Gasteiger partial charge in [-0.1, -0.05) is 37.3 Å². The van der Waals surface area contributed by atoms with Crippen LogP contribution < -0.4 is 4.90 Å². The highest BCUT2D eigenvalue weighted by molar-refractivity contribution is 5.98. The first-order valence-corrected chi connectivity index (χ1v) is 13.6. The van der Waals surface area contributed by atoms with E-state index in [1.165, 1.54) is 12.1 Å². The maximum absolute atomic E-state index is 13.6. The molecule has 0 unspecified atom stereocenters. The van der Waals surface area contributed by atoms with E-state index in [-0.39, 0.29) is 11.7 Å². The van der Waals surface area contributed by atoms with E-state index in [1.54, 1.807) is 16.8 Å². The van der Waals surface area contributed by atoms with E-state index in [4.69, 9.17) is 15.1 Å². The molecule has 2 aromatic heterocycles. The molecular weight excluding hydrogens is 491 g/mol. The molecule has 39 heavy (non-hydrogen) atoms. The van der Waals surface area contributed by atoms with Gasteiger partial charge in [-0.3, -0.25) is 4.79 Å². The van der Waals surface area contributed by atoms with Crippen LogP contribution in [0.3, 0.4) is 0 Å². The number of aromatic nitrogens is 4. The number of benzene rings is 3. The molecule has 8 heteroatoms. The molecule has 198 valence electrons. The number of hydrogen-bond donors (Lipinski definition) is 0. The number of anilines is 1. The van der Waals surface area contributed by atoms with E-state index in [2.05, 4.69) is 17.9 Å². The number of nitrogens with zero attached hydrogens (tertiary/aromatic N) is 6. The van der Waals surface area contributed by atoms with Crippen LogP contribution in [0.1, 0.15) is 41.6 Å². The molecule has 6 rings (SSSR count). The summed E-state index contributed by atoms with van der Waals surface area (Å²) in [6, 6.07) is 20.3. The number of carbonyl (C=O) groups is 1. The molecule has 7 nitrogen and oxygen atoms in total. The standard InChI is InChI=1S/C31H31FN6O/c1-3-7-27-33-29(28-21(2)35-38(30(28)34-27)26-14-12-25(32)13-15-26)36-16-6-17-37(19-18-36)31(39)24-11-10-22-8-4-5-9-23(22)20-24/h4-5,8-15,20H,3,6-7,16-19H2,1-2H3. The van der Waals surface area contributed by atoms with Gasteiger partial charge in [-0.15, -0.1) is 0 Å². The lowest BCUT2D eigenvalue weighted by Gasteiger charge is -2.24. The molecule has 0 saturated carbocycles. The highest BCUT2D eigenvalue weighted by atomic mass is 19.1. The molecule has 1 saturated heterocycles. The van der Waals surface area contributed by atoms with Crippen LogP contribution in [-0.2, 0) is 6.42 Å². The van der Waals surface area contributed by atoms with Gasteiger partial charge in [0, 0.05) is 38.2 Å². The Bertz CT molecular complexity index is 1660. The molecule has 1 aliphatic rings. The lowest BCUT2D eigenvalue weighted by molar-refractivity contribution is 0.0767. The second-order valence-electron chi connectivity index (χ2n) is 10.1. The number of carbonyl (C=O) groups excluding carboxylic acids is 1. The molecule has 1 amide bonds. The lowest BCUT2D eigenvalue weighted by atomic mass is 10.1. The van der Waals surface area contributed by atoms with E-state index in [1.807, 2.05) is 48.2 Å². The highest BCUT2D eigenvalue weighted by Gasteiger charge is 2.25. The van der Waals surface area contributed by atoms with Crippen molar-refractivity contribution in [3.05, 3.63) is 89.6 Å². The van der Waals surface area contributed by atoms with Gasteiger partial charge >= 0.3 is 0 Å². The third-order valence-corrected chi connectivity index (χ3v) is 7.35. The molecule has 3 heterocycles. The van der Waals surface area contributed by atoms with Gasteiger partial charge in [0.25, 0.3) is 5.91 Å². The first kappa shape index (κ1) is 25.0. The first-order chi connectivity index (χ1) is 19.0. The summed E-state index contributed by atoms with van der Waals surface area (Å²) in [7, 11) is 0. The fourth-order valence-corrected chi connectivity index (χ4v) is 5.37. The fourth-order valence-electron chi connectivity index (χ4n) is 5.37. The largest absolute Gasteiger partial charge is 0.354 e. The fraction of sp³-hybridized carbons (Fsp3) is 0.290. The molecule has 0 radical (unpaired) electrons. The van der Waals surface area contributed by atoms with Crippen LogP contribution >= 0.6 is 0 Å². The molecule has 0 N–H and O–H groups in total. The predicted octanol–water partition coefficient (Wildman–Crippen LogP) is 5.72. The molecule has 5 aromatic rings. The number of hydrogen-bond acceptors (Lipinski definition) is 5. The average molecular weight is 523 g/mol. The third-order valence-electron chi connectivity index (χ3n) is 7.35. The number of aryl methyl sites for hydroxylation is 2. The summed E-state index contributed by atoms with van der Waals surface area (Å²) in [4.78, 5) is 27.6. The van der Waals surface area contributed by atoms with Crippen LogP contribution in [0, 0.1) is 12.7 Å². The minimum absolute atomic E-state index is 0.0578. The monoisotopic (exact) mass is 522 g/mol. The van der Waals surface area contributed by atoms with E-state index >= 15 is 0 Å².